The molecule has 1 aliphatic rings. The van der Waals surface area contributed by atoms with Crippen molar-refractivity contribution in [1.29, 1.82) is 0 Å². The first-order chi connectivity index (χ1) is 11.3. The van der Waals surface area contributed by atoms with Gasteiger partial charge in [0.2, 0.25) is 5.95 Å². The highest BCUT2D eigenvalue weighted by molar-refractivity contribution is 5.74. The number of hydrogen-bond acceptors (Lipinski definition) is 6. The maximum Gasteiger partial charge on any atom is 0.317 e. The van der Waals surface area contributed by atoms with Crippen LogP contribution in [0.5, 0.6) is 0 Å². The molecule has 122 valence electrons. The summed E-state index contributed by atoms with van der Waals surface area (Å²) >= 11 is 0. The summed E-state index contributed by atoms with van der Waals surface area (Å²) < 4.78 is 1.75. The van der Waals surface area contributed by atoms with Gasteiger partial charge in [-0.15, -0.1) is 0 Å². The summed E-state index contributed by atoms with van der Waals surface area (Å²) in [6.45, 7) is 4.22. The third kappa shape index (κ3) is 4.15. The van der Waals surface area contributed by atoms with Gasteiger partial charge in [0.15, 0.2) is 0 Å². The zero-order chi connectivity index (χ0) is 15.9. The number of rotatable bonds is 5. The summed E-state index contributed by atoms with van der Waals surface area (Å²) in [5.41, 5.74) is 0. The second-order valence-electron chi connectivity index (χ2n) is 5.27. The first kappa shape index (κ1) is 15.2. The first-order valence-electron chi connectivity index (χ1n) is 7.70. The van der Waals surface area contributed by atoms with E-state index in [1.54, 1.807) is 29.5 Å². The van der Waals surface area contributed by atoms with E-state index in [1.165, 1.54) is 6.33 Å². The molecule has 0 spiro atoms. The number of nitrogens with one attached hydrogen (secondary N) is 1. The number of aromatic nitrogens is 5. The van der Waals surface area contributed by atoms with Gasteiger partial charge in [0.05, 0.1) is 0 Å². The molecule has 23 heavy (non-hydrogen) atoms. The Hall–Kier alpha value is -2.71. The molecule has 0 bridgehead atoms. The van der Waals surface area contributed by atoms with Crippen LogP contribution < -0.4 is 10.2 Å². The van der Waals surface area contributed by atoms with Crippen LogP contribution in [0, 0.1) is 0 Å². The van der Waals surface area contributed by atoms with Crippen LogP contribution in [-0.4, -0.2) is 68.4 Å². The highest BCUT2D eigenvalue weighted by atomic mass is 16.2. The van der Waals surface area contributed by atoms with E-state index in [1.807, 2.05) is 4.90 Å². The van der Waals surface area contributed by atoms with E-state index in [-0.39, 0.29) is 6.03 Å². The Morgan fingerprint density at radius 1 is 1.17 bits per heavy atom. The second kappa shape index (κ2) is 7.52. The van der Waals surface area contributed by atoms with Crippen LogP contribution in [0.25, 0.3) is 0 Å². The van der Waals surface area contributed by atoms with Crippen LogP contribution in [0.15, 0.2) is 31.1 Å². The minimum absolute atomic E-state index is 0.0165. The van der Waals surface area contributed by atoms with Gasteiger partial charge in [0.25, 0.3) is 0 Å². The Balaban J connectivity index is 1.36. The molecule has 2 amide bonds. The predicted octanol–water partition coefficient (Wildman–Crippen LogP) is -0.0100. The normalized spacial score (nSPS) is 14.8. The molecule has 1 saturated heterocycles. The lowest BCUT2D eigenvalue weighted by Crippen LogP contribution is -2.52. The highest BCUT2D eigenvalue weighted by Crippen LogP contribution is 2.09. The molecular weight excluding hydrogens is 296 g/mol. The Bertz CT molecular complexity index is 595. The average molecular weight is 316 g/mol. The lowest BCUT2D eigenvalue weighted by atomic mass is 10.3. The Morgan fingerprint density at radius 3 is 2.65 bits per heavy atom. The number of urea groups is 1. The SMILES string of the molecule is O=C(NCCCn1cncn1)N1CCN(c2ncccn2)CC1. The van der Waals surface area contributed by atoms with Crippen LogP contribution in [0.4, 0.5) is 10.7 Å². The predicted molar refractivity (Wildman–Crippen MR) is 83.9 cm³/mol. The summed E-state index contributed by atoms with van der Waals surface area (Å²) in [5, 5.41) is 6.97. The zero-order valence-corrected chi connectivity index (χ0v) is 12.9. The van der Waals surface area contributed by atoms with Crippen LogP contribution in [0.3, 0.4) is 0 Å². The van der Waals surface area contributed by atoms with Crippen molar-refractivity contribution >= 4 is 12.0 Å². The zero-order valence-electron chi connectivity index (χ0n) is 12.9. The highest BCUT2D eigenvalue weighted by Gasteiger charge is 2.21. The van der Waals surface area contributed by atoms with E-state index in [0.29, 0.717) is 19.6 Å². The summed E-state index contributed by atoms with van der Waals surface area (Å²) in [7, 11) is 0. The van der Waals surface area contributed by atoms with Crippen molar-refractivity contribution in [3.63, 3.8) is 0 Å². The Kier molecular flexibility index (Phi) is 4.97. The summed E-state index contributed by atoms with van der Waals surface area (Å²) in [6, 6.07) is 1.78. The lowest BCUT2D eigenvalue weighted by Gasteiger charge is -2.34. The van der Waals surface area contributed by atoms with E-state index < -0.39 is 0 Å². The number of anilines is 1. The molecule has 9 heteroatoms. The number of aryl methyl sites for hydroxylation is 1. The third-order valence-electron chi connectivity index (χ3n) is 3.71. The number of amides is 2. The minimum atomic E-state index is -0.0165. The van der Waals surface area contributed by atoms with Gasteiger partial charge in [0, 0.05) is 51.7 Å². The van der Waals surface area contributed by atoms with Crippen LogP contribution in [-0.2, 0) is 6.54 Å². The van der Waals surface area contributed by atoms with Crippen molar-refractivity contribution in [2.24, 2.45) is 0 Å². The van der Waals surface area contributed by atoms with Gasteiger partial charge in [-0.2, -0.15) is 5.10 Å². The molecule has 0 atom stereocenters. The van der Waals surface area contributed by atoms with Crippen molar-refractivity contribution < 1.29 is 4.79 Å². The molecule has 3 rings (SSSR count). The van der Waals surface area contributed by atoms with E-state index in [9.17, 15) is 4.79 Å². The fourth-order valence-electron chi connectivity index (χ4n) is 2.46. The summed E-state index contributed by atoms with van der Waals surface area (Å²) in [4.78, 5) is 28.4. The van der Waals surface area contributed by atoms with Crippen molar-refractivity contribution in [3.05, 3.63) is 31.1 Å². The Labute approximate surface area is 134 Å². The molecule has 0 aromatic carbocycles. The summed E-state index contributed by atoms with van der Waals surface area (Å²) in [5.74, 6) is 0.723. The van der Waals surface area contributed by atoms with E-state index in [2.05, 4.69) is 30.3 Å². The smallest absolute Gasteiger partial charge is 0.317 e. The molecule has 0 aliphatic carbocycles. The fraction of sp³-hybridized carbons (Fsp3) is 0.500. The largest absolute Gasteiger partial charge is 0.338 e. The molecule has 2 aromatic heterocycles. The van der Waals surface area contributed by atoms with Gasteiger partial charge in [-0.1, -0.05) is 0 Å². The van der Waals surface area contributed by atoms with Crippen LogP contribution >= 0.6 is 0 Å². The van der Waals surface area contributed by atoms with Gasteiger partial charge in [-0.3, -0.25) is 4.68 Å². The first-order valence-corrected chi connectivity index (χ1v) is 7.70. The van der Waals surface area contributed by atoms with Gasteiger partial charge in [-0.25, -0.2) is 19.7 Å². The van der Waals surface area contributed by atoms with E-state index >= 15 is 0 Å². The van der Waals surface area contributed by atoms with Crippen molar-refractivity contribution in [2.75, 3.05) is 37.6 Å². The molecular formula is C14H20N8O. The molecule has 3 heterocycles. The van der Waals surface area contributed by atoms with Crippen molar-refractivity contribution in [2.45, 2.75) is 13.0 Å². The number of piperazine rings is 1. The van der Waals surface area contributed by atoms with E-state index in [0.717, 1.165) is 32.0 Å². The number of hydrogen-bond donors (Lipinski definition) is 1. The van der Waals surface area contributed by atoms with Crippen LogP contribution in [0.2, 0.25) is 0 Å². The maximum absolute atomic E-state index is 12.1. The maximum atomic E-state index is 12.1. The van der Waals surface area contributed by atoms with Crippen molar-refractivity contribution in [1.82, 2.24) is 34.9 Å². The molecule has 1 aliphatic heterocycles. The lowest BCUT2D eigenvalue weighted by molar-refractivity contribution is 0.194. The minimum Gasteiger partial charge on any atom is -0.338 e. The van der Waals surface area contributed by atoms with Gasteiger partial charge >= 0.3 is 6.03 Å². The molecule has 9 nitrogen and oxygen atoms in total. The van der Waals surface area contributed by atoms with Gasteiger partial charge in [-0.05, 0) is 12.5 Å². The molecule has 1 N–H and O–H groups in total. The standard InChI is InChI=1S/C14H20N8O/c23-14(18-5-2-6-22-12-15-11-19-22)21-9-7-20(8-10-21)13-16-3-1-4-17-13/h1,3-4,11-12H,2,5-10H2,(H,18,23). The van der Waals surface area contributed by atoms with E-state index in [4.69, 9.17) is 0 Å². The fourth-order valence-corrected chi connectivity index (χ4v) is 2.46. The third-order valence-corrected chi connectivity index (χ3v) is 3.71. The molecule has 0 unspecified atom stereocenters. The molecule has 2 aromatic rings. The van der Waals surface area contributed by atoms with Crippen LogP contribution in [0.1, 0.15) is 6.42 Å². The number of carbonyl (C=O) groups excluding carboxylic acids is 1. The monoisotopic (exact) mass is 316 g/mol. The quantitative estimate of drug-likeness (QED) is 0.780. The number of carbonyl (C=O) groups is 1. The molecule has 0 saturated carbocycles. The molecule has 1 fully saturated rings. The topological polar surface area (TPSA) is 92.1 Å². The average Bonchev–Trinajstić information content (AvgIpc) is 3.13. The number of nitrogens with zero attached hydrogens (tertiary/aromatic N) is 7. The van der Waals surface area contributed by atoms with Crippen molar-refractivity contribution in [3.8, 4) is 0 Å². The molecule has 0 radical (unpaired) electrons. The van der Waals surface area contributed by atoms with Gasteiger partial charge in [0.1, 0.15) is 12.7 Å². The Morgan fingerprint density at radius 2 is 1.96 bits per heavy atom. The summed E-state index contributed by atoms with van der Waals surface area (Å²) in [6.07, 6.45) is 7.47. The van der Waals surface area contributed by atoms with Gasteiger partial charge < -0.3 is 15.1 Å². The second-order valence-corrected chi connectivity index (χ2v) is 5.27.